The molecular weight excluding hydrogens is 475 g/mol. The van der Waals surface area contributed by atoms with E-state index in [1.165, 1.54) is 36.2 Å². The fraction of sp³-hybridized carbons (Fsp3) is 0.591. The van der Waals surface area contributed by atoms with Gasteiger partial charge >= 0.3 is 0 Å². The average molecular weight is 508 g/mol. The third kappa shape index (κ3) is 5.49. The van der Waals surface area contributed by atoms with Crippen molar-refractivity contribution in [2.24, 2.45) is 4.99 Å². The van der Waals surface area contributed by atoms with Crippen molar-refractivity contribution < 1.29 is 0 Å². The molecule has 0 unspecified atom stereocenters. The second kappa shape index (κ2) is 10.9. The number of benzene rings is 1. The van der Waals surface area contributed by atoms with Crippen molar-refractivity contribution in [3.8, 4) is 0 Å². The lowest BCUT2D eigenvalue weighted by atomic mass is 10.0. The van der Waals surface area contributed by atoms with Crippen molar-refractivity contribution in [3.63, 3.8) is 0 Å². The van der Waals surface area contributed by atoms with Crippen molar-refractivity contribution in [3.05, 3.63) is 47.0 Å². The summed E-state index contributed by atoms with van der Waals surface area (Å²) in [6.45, 7) is 6.91. The second-order valence-electron chi connectivity index (χ2n) is 7.77. The van der Waals surface area contributed by atoms with Gasteiger partial charge in [-0.25, -0.2) is 0 Å². The van der Waals surface area contributed by atoms with Crippen LogP contribution in [0.4, 0.5) is 0 Å². The first kappa shape index (κ1) is 22.1. The first-order chi connectivity index (χ1) is 13.8. The lowest BCUT2D eigenvalue weighted by Gasteiger charge is -2.31. The highest BCUT2D eigenvalue weighted by molar-refractivity contribution is 14.0. The molecule has 0 bridgehead atoms. The van der Waals surface area contributed by atoms with Crippen molar-refractivity contribution in [2.75, 3.05) is 19.6 Å². The Morgan fingerprint density at radius 1 is 1.07 bits per heavy atom. The van der Waals surface area contributed by atoms with Gasteiger partial charge in [-0.3, -0.25) is 4.99 Å². The van der Waals surface area contributed by atoms with Crippen molar-refractivity contribution in [1.29, 1.82) is 0 Å². The van der Waals surface area contributed by atoms with Crippen molar-refractivity contribution in [1.82, 2.24) is 25.0 Å². The molecule has 2 aliphatic heterocycles. The molecule has 0 fully saturated rings. The maximum absolute atomic E-state index is 4.91. The summed E-state index contributed by atoms with van der Waals surface area (Å²) in [5, 5.41) is 12.3. The van der Waals surface area contributed by atoms with E-state index in [4.69, 9.17) is 4.99 Å². The Labute approximate surface area is 191 Å². The van der Waals surface area contributed by atoms with Crippen LogP contribution in [0.5, 0.6) is 0 Å². The molecule has 2 aromatic rings. The molecule has 1 aromatic carbocycles. The SMILES string of the molecule is CCNC(=NCCCc1nnc2n1CCCCC2)N1CCc2ccccc2C1.I. The molecule has 0 spiro atoms. The fourth-order valence-electron chi connectivity index (χ4n) is 4.25. The van der Waals surface area contributed by atoms with Gasteiger partial charge in [0.2, 0.25) is 0 Å². The van der Waals surface area contributed by atoms with E-state index in [9.17, 15) is 0 Å². The van der Waals surface area contributed by atoms with Gasteiger partial charge in [-0.05, 0) is 43.7 Å². The third-order valence-corrected chi connectivity index (χ3v) is 5.77. The van der Waals surface area contributed by atoms with E-state index in [0.29, 0.717) is 0 Å². The van der Waals surface area contributed by atoms with Gasteiger partial charge in [-0.2, -0.15) is 0 Å². The topological polar surface area (TPSA) is 58.3 Å². The highest BCUT2D eigenvalue weighted by Gasteiger charge is 2.18. The number of hydrogen-bond donors (Lipinski definition) is 1. The Balaban J connectivity index is 0.00000240. The predicted molar refractivity (Wildman–Crippen MR) is 128 cm³/mol. The number of nitrogens with one attached hydrogen (secondary N) is 1. The normalized spacial score (nSPS) is 16.4. The number of rotatable bonds is 5. The van der Waals surface area contributed by atoms with Gasteiger partial charge in [0.1, 0.15) is 11.6 Å². The highest BCUT2D eigenvalue weighted by Crippen LogP contribution is 2.19. The monoisotopic (exact) mass is 508 g/mol. The molecule has 4 rings (SSSR count). The maximum Gasteiger partial charge on any atom is 0.194 e. The molecule has 1 N–H and O–H groups in total. The van der Waals surface area contributed by atoms with E-state index in [-0.39, 0.29) is 24.0 Å². The molecule has 2 aliphatic rings. The number of aliphatic imine (C=N–C) groups is 1. The van der Waals surface area contributed by atoms with Crippen LogP contribution in [0.15, 0.2) is 29.3 Å². The minimum Gasteiger partial charge on any atom is -0.357 e. The van der Waals surface area contributed by atoms with Gasteiger partial charge in [0.25, 0.3) is 0 Å². The van der Waals surface area contributed by atoms with Crippen molar-refractivity contribution >= 4 is 29.9 Å². The summed E-state index contributed by atoms with van der Waals surface area (Å²) < 4.78 is 2.35. The Kier molecular flexibility index (Phi) is 8.32. The Morgan fingerprint density at radius 3 is 2.79 bits per heavy atom. The zero-order chi connectivity index (χ0) is 19.2. The zero-order valence-electron chi connectivity index (χ0n) is 17.4. The molecule has 0 saturated carbocycles. The number of aryl methyl sites for hydroxylation is 2. The lowest BCUT2D eigenvalue weighted by Crippen LogP contribution is -2.44. The summed E-state index contributed by atoms with van der Waals surface area (Å²) in [7, 11) is 0. The summed E-state index contributed by atoms with van der Waals surface area (Å²) in [5.41, 5.74) is 2.90. The molecular formula is C22H33IN6. The average Bonchev–Trinajstić information content (AvgIpc) is 2.95. The first-order valence-corrected chi connectivity index (χ1v) is 10.9. The minimum absolute atomic E-state index is 0. The standard InChI is InChI=1S/C22H32N6.HI/c1-2-23-22(27-16-13-18-9-5-6-10-19(18)17-27)24-14-8-12-21-26-25-20-11-4-3-7-15-28(20)21;/h5-6,9-10H,2-4,7-8,11-17H2,1H3,(H,23,24);1H. The summed E-state index contributed by atoms with van der Waals surface area (Å²) in [5.74, 6) is 3.36. The van der Waals surface area contributed by atoms with Gasteiger partial charge in [0.15, 0.2) is 5.96 Å². The van der Waals surface area contributed by atoms with Gasteiger partial charge in [0, 0.05) is 45.6 Å². The predicted octanol–water partition coefficient (Wildman–Crippen LogP) is 3.58. The lowest BCUT2D eigenvalue weighted by molar-refractivity contribution is 0.378. The van der Waals surface area contributed by atoms with E-state index in [2.05, 4.69) is 56.2 Å². The number of guanidine groups is 1. The molecule has 29 heavy (non-hydrogen) atoms. The van der Waals surface area contributed by atoms with E-state index in [0.717, 1.165) is 70.2 Å². The maximum atomic E-state index is 4.91. The molecule has 0 saturated heterocycles. The van der Waals surface area contributed by atoms with E-state index in [1.54, 1.807) is 0 Å². The van der Waals surface area contributed by atoms with Crippen LogP contribution in [0.3, 0.4) is 0 Å². The smallest absolute Gasteiger partial charge is 0.194 e. The quantitative estimate of drug-likeness (QED) is 0.291. The van der Waals surface area contributed by atoms with Crippen LogP contribution in [0.1, 0.15) is 55.4 Å². The summed E-state index contributed by atoms with van der Waals surface area (Å²) in [6.07, 6.45) is 7.93. The summed E-state index contributed by atoms with van der Waals surface area (Å²) in [6, 6.07) is 8.76. The van der Waals surface area contributed by atoms with Gasteiger partial charge < -0.3 is 14.8 Å². The van der Waals surface area contributed by atoms with Gasteiger partial charge in [-0.15, -0.1) is 34.2 Å². The highest BCUT2D eigenvalue weighted by atomic mass is 127. The first-order valence-electron chi connectivity index (χ1n) is 10.9. The fourth-order valence-corrected chi connectivity index (χ4v) is 4.25. The largest absolute Gasteiger partial charge is 0.357 e. The molecule has 7 heteroatoms. The van der Waals surface area contributed by atoms with Crippen LogP contribution in [0.2, 0.25) is 0 Å². The van der Waals surface area contributed by atoms with Gasteiger partial charge in [0.05, 0.1) is 0 Å². The number of halogens is 1. The Morgan fingerprint density at radius 2 is 1.93 bits per heavy atom. The molecule has 0 amide bonds. The molecule has 1 aromatic heterocycles. The molecule has 0 aliphatic carbocycles. The Bertz CT molecular complexity index is 815. The number of hydrogen-bond acceptors (Lipinski definition) is 3. The third-order valence-electron chi connectivity index (χ3n) is 5.77. The second-order valence-corrected chi connectivity index (χ2v) is 7.77. The summed E-state index contributed by atoms with van der Waals surface area (Å²) in [4.78, 5) is 7.30. The van der Waals surface area contributed by atoms with E-state index < -0.39 is 0 Å². The van der Waals surface area contributed by atoms with E-state index in [1.807, 2.05) is 0 Å². The molecule has 158 valence electrons. The van der Waals surface area contributed by atoms with Crippen LogP contribution >= 0.6 is 24.0 Å². The number of aromatic nitrogens is 3. The molecule has 0 radical (unpaired) electrons. The molecule has 3 heterocycles. The van der Waals surface area contributed by atoms with Crippen LogP contribution in [0.25, 0.3) is 0 Å². The van der Waals surface area contributed by atoms with Crippen LogP contribution in [0, 0.1) is 0 Å². The van der Waals surface area contributed by atoms with Gasteiger partial charge in [-0.1, -0.05) is 30.7 Å². The van der Waals surface area contributed by atoms with Crippen LogP contribution < -0.4 is 5.32 Å². The molecule has 0 atom stereocenters. The van der Waals surface area contributed by atoms with E-state index >= 15 is 0 Å². The molecule has 6 nitrogen and oxygen atoms in total. The van der Waals surface area contributed by atoms with Crippen LogP contribution in [-0.2, 0) is 32.4 Å². The van der Waals surface area contributed by atoms with Crippen molar-refractivity contribution in [2.45, 2.75) is 65.0 Å². The minimum atomic E-state index is 0. The Hall–Kier alpha value is -1.64. The zero-order valence-corrected chi connectivity index (χ0v) is 19.8. The number of fused-ring (bicyclic) bond motifs is 2. The number of nitrogens with zero attached hydrogens (tertiary/aromatic N) is 5. The van der Waals surface area contributed by atoms with Crippen LogP contribution in [-0.4, -0.2) is 45.3 Å². The summed E-state index contributed by atoms with van der Waals surface area (Å²) >= 11 is 0.